The van der Waals surface area contributed by atoms with E-state index in [4.69, 9.17) is 23.7 Å². The maximum absolute atomic E-state index is 11.7. The summed E-state index contributed by atoms with van der Waals surface area (Å²) in [5.41, 5.74) is 4.76. The molecular weight excluding hydrogens is 244 g/mol. The maximum atomic E-state index is 11.7. The predicted molar refractivity (Wildman–Crippen MR) is 64.7 cm³/mol. The van der Waals surface area contributed by atoms with E-state index in [9.17, 15) is 4.79 Å². The van der Waals surface area contributed by atoms with Gasteiger partial charge in [0.1, 0.15) is 6.61 Å². The lowest BCUT2D eigenvalue weighted by Gasteiger charge is -2.21. The van der Waals surface area contributed by atoms with Gasteiger partial charge in [0.2, 0.25) is 0 Å². The van der Waals surface area contributed by atoms with Gasteiger partial charge in [0.25, 0.3) is 0 Å². The molecule has 3 N–H and O–H groups in total. The van der Waals surface area contributed by atoms with E-state index in [0.29, 0.717) is 13.1 Å². The molecule has 0 heterocycles. The first-order chi connectivity index (χ1) is 8.16. The molecule has 0 saturated carbocycles. The number of carbonyl (C=O) groups is 1. The summed E-state index contributed by atoms with van der Waals surface area (Å²) in [6.45, 7) is 2.25. The van der Waals surface area contributed by atoms with Crippen LogP contribution in [0.1, 0.15) is 6.42 Å². The van der Waals surface area contributed by atoms with Crippen LogP contribution in [0, 0.1) is 0 Å². The second-order valence-corrected chi connectivity index (χ2v) is 5.94. The highest BCUT2D eigenvalue weighted by Crippen LogP contribution is 2.09. The average Bonchev–Trinajstić information content (AvgIpc) is 2.36. The topological polar surface area (TPSA) is 92.0 Å². The van der Waals surface area contributed by atoms with Crippen molar-refractivity contribution in [3.63, 3.8) is 0 Å². The molecule has 8 heteroatoms. The van der Waals surface area contributed by atoms with Crippen molar-refractivity contribution in [1.82, 2.24) is 5.32 Å². The second-order valence-electron chi connectivity index (χ2n) is 3.20. The van der Waals surface area contributed by atoms with Gasteiger partial charge in [-0.3, -0.25) is 0 Å². The van der Waals surface area contributed by atoms with E-state index in [1.807, 2.05) is 0 Å². The van der Waals surface area contributed by atoms with Crippen LogP contribution >= 0.6 is 0 Å². The van der Waals surface area contributed by atoms with E-state index in [-0.39, 0.29) is 6.61 Å². The minimum atomic E-state index is -3.31. The Hall–Kier alpha value is -0.513. The summed E-state index contributed by atoms with van der Waals surface area (Å²) in [7, 11) is 0.778. The summed E-state index contributed by atoms with van der Waals surface area (Å²) in [6, 6.07) is 0. The summed E-state index contributed by atoms with van der Waals surface area (Å²) in [6.07, 6.45) is 0.890. The molecule has 0 bridgehead atoms. The Balaban J connectivity index is 3.83. The van der Waals surface area contributed by atoms with Crippen LogP contribution in [0.2, 0.25) is 0 Å². The van der Waals surface area contributed by atoms with E-state index in [1.54, 1.807) is 0 Å². The van der Waals surface area contributed by atoms with Crippen molar-refractivity contribution in [3.8, 4) is 0 Å². The van der Waals surface area contributed by atoms with Gasteiger partial charge in [0.05, 0.1) is 0 Å². The number of nitrogens with one attached hydrogen (secondary N) is 1. The monoisotopic (exact) mass is 266 g/mol. The number of hydrogen-bond donors (Lipinski definition) is 2. The maximum Gasteiger partial charge on any atom is 0.620 e. The zero-order valence-electron chi connectivity index (χ0n) is 10.7. The third kappa shape index (κ3) is 5.57. The van der Waals surface area contributed by atoms with Gasteiger partial charge < -0.3 is 29.1 Å². The highest BCUT2D eigenvalue weighted by Gasteiger charge is 2.50. The molecule has 0 aromatic carbocycles. The van der Waals surface area contributed by atoms with Gasteiger partial charge in [-0.1, -0.05) is 0 Å². The van der Waals surface area contributed by atoms with Gasteiger partial charge in [-0.05, 0) is 19.5 Å². The summed E-state index contributed by atoms with van der Waals surface area (Å²) in [5, 5.41) is 3.08. The van der Waals surface area contributed by atoms with Gasteiger partial charge >= 0.3 is 14.4 Å². The van der Waals surface area contributed by atoms with E-state index in [1.165, 1.54) is 21.3 Å². The predicted octanol–water partition coefficient (Wildman–Crippen LogP) is -0.479. The molecule has 7 nitrogen and oxygen atoms in total. The van der Waals surface area contributed by atoms with Gasteiger partial charge in [-0.15, -0.1) is 0 Å². The van der Waals surface area contributed by atoms with Crippen LogP contribution in [0.25, 0.3) is 0 Å². The van der Waals surface area contributed by atoms with Crippen LogP contribution < -0.4 is 11.1 Å². The fourth-order valence-electron chi connectivity index (χ4n) is 1.16. The number of nitrogens with two attached hydrogens (primary N) is 1. The van der Waals surface area contributed by atoms with Gasteiger partial charge in [-0.2, -0.15) is 0 Å². The first-order valence-electron chi connectivity index (χ1n) is 5.40. The molecule has 0 spiro atoms. The van der Waals surface area contributed by atoms with Gasteiger partial charge in [0, 0.05) is 27.9 Å². The highest BCUT2D eigenvalue weighted by molar-refractivity contribution is 6.90. The molecule has 0 amide bonds. The lowest BCUT2D eigenvalue weighted by molar-refractivity contribution is 0.0963. The first-order valence-corrected chi connectivity index (χ1v) is 7.12. The zero-order valence-corrected chi connectivity index (χ0v) is 11.7. The zero-order chi connectivity index (χ0) is 13.1. The molecule has 0 aromatic heterocycles. The molecule has 0 fully saturated rings. The number of ether oxygens (including phenoxy) is 1. The smallest absolute Gasteiger partial charge is 0.462 e. The summed E-state index contributed by atoms with van der Waals surface area (Å²) in [4.78, 5) is 11.7. The molecule has 0 rings (SSSR count). The molecule has 0 atom stereocenters. The standard InChI is InChI=1S/C9H22N2O5Si/c1-13-17(14-2,15-3)9(12)16-8-7-11-6-4-5-10/h11H,4-8,10H2,1-3H3. The van der Waals surface area contributed by atoms with Crippen LogP contribution in [-0.4, -0.2) is 62.0 Å². The van der Waals surface area contributed by atoms with Crippen molar-refractivity contribution in [2.45, 2.75) is 6.42 Å². The minimum absolute atomic E-state index is 0.244. The fraction of sp³-hybridized carbons (Fsp3) is 0.889. The fourth-order valence-corrected chi connectivity index (χ4v) is 2.44. The number of rotatable bonds is 10. The summed E-state index contributed by atoms with van der Waals surface area (Å²) in [5.74, 6) is 0. The van der Waals surface area contributed by atoms with E-state index in [0.717, 1.165) is 13.0 Å². The minimum Gasteiger partial charge on any atom is -0.462 e. The first kappa shape index (κ1) is 16.5. The molecule has 0 unspecified atom stereocenters. The Kier molecular flexibility index (Phi) is 9.22. The van der Waals surface area contributed by atoms with E-state index in [2.05, 4.69) is 5.32 Å². The van der Waals surface area contributed by atoms with E-state index < -0.39 is 14.4 Å². The van der Waals surface area contributed by atoms with Crippen LogP contribution in [0.4, 0.5) is 4.79 Å². The van der Waals surface area contributed by atoms with Gasteiger partial charge in [-0.25, -0.2) is 4.79 Å². The molecule has 0 aliphatic heterocycles. The number of hydrogen-bond acceptors (Lipinski definition) is 7. The summed E-state index contributed by atoms with van der Waals surface area (Å²) < 4.78 is 19.9. The van der Waals surface area contributed by atoms with E-state index >= 15 is 0 Å². The molecular formula is C9H22N2O5Si. The molecule has 17 heavy (non-hydrogen) atoms. The lowest BCUT2D eigenvalue weighted by atomic mass is 10.4. The number of carbonyl (C=O) groups excluding carboxylic acids is 1. The van der Waals surface area contributed by atoms with Gasteiger partial charge in [0.15, 0.2) is 0 Å². The average molecular weight is 266 g/mol. The van der Waals surface area contributed by atoms with Crippen LogP contribution in [-0.2, 0) is 18.0 Å². The SMILES string of the molecule is CO[Si](OC)(OC)C(=O)OCCNCCCN. The normalized spacial score (nSPS) is 11.5. The largest absolute Gasteiger partial charge is 0.620 e. The van der Waals surface area contributed by atoms with Crippen molar-refractivity contribution in [3.05, 3.63) is 0 Å². The Morgan fingerprint density at radius 2 is 1.76 bits per heavy atom. The molecule has 0 radical (unpaired) electrons. The van der Waals surface area contributed by atoms with Crippen LogP contribution in [0.15, 0.2) is 0 Å². The highest BCUT2D eigenvalue weighted by atomic mass is 28.4. The molecule has 0 saturated heterocycles. The van der Waals surface area contributed by atoms with Crippen LogP contribution in [0.5, 0.6) is 0 Å². The quantitative estimate of drug-likeness (QED) is 0.407. The van der Waals surface area contributed by atoms with Crippen molar-refractivity contribution in [2.24, 2.45) is 5.73 Å². The Bertz CT molecular complexity index is 205. The van der Waals surface area contributed by atoms with Crippen molar-refractivity contribution >= 4 is 14.4 Å². The third-order valence-electron chi connectivity index (χ3n) is 2.13. The summed E-state index contributed by atoms with van der Waals surface area (Å²) >= 11 is 0. The van der Waals surface area contributed by atoms with Crippen molar-refractivity contribution in [1.29, 1.82) is 0 Å². The molecule has 0 aliphatic rings. The van der Waals surface area contributed by atoms with Crippen molar-refractivity contribution in [2.75, 3.05) is 47.6 Å². The molecule has 102 valence electrons. The third-order valence-corrected chi connectivity index (χ3v) is 4.38. The molecule has 0 aromatic rings. The molecule has 0 aliphatic carbocycles. The Morgan fingerprint density at radius 1 is 1.18 bits per heavy atom. The Labute approximate surface area is 103 Å². The second kappa shape index (κ2) is 9.51. The lowest BCUT2D eigenvalue weighted by Crippen LogP contribution is -2.52. The van der Waals surface area contributed by atoms with Crippen LogP contribution in [0.3, 0.4) is 0 Å². The Morgan fingerprint density at radius 3 is 2.24 bits per heavy atom. The van der Waals surface area contributed by atoms with Crippen molar-refractivity contribution < 1.29 is 22.8 Å².